The molecule has 1 saturated heterocycles. The normalized spacial score (nSPS) is 21.8. The Labute approximate surface area is 137 Å². The van der Waals surface area contributed by atoms with Crippen LogP contribution in [-0.4, -0.2) is 29.5 Å². The van der Waals surface area contributed by atoms with Gasteiger partial charge in [-0.3, -0.25) is 9.59 Å². The van der Waals surface area contributed by atoms with E-state index in [4.69, 9.17) is 4.74 Å². The van der Waals surface area contributed by atoms with Gasteiger partial charge in [0.05, 0.1) is 0 Å². The fraction of sp³-hybridized carbons (Fsp3) is 0.556. The Morgan fingerprint density at radius 1 is 1.04 bits per heavy atom. The standard InChI is InChI=1S/C18H26N2O3/c1-11(2)15-17(22)19-14(16(21)20-15)10-12-6-8-13(9-7-12)23-18(3,4)5/h6-9,11,14-15H,10H2,1-5H3,(H,19,22)(H,20,21)/t14-,15-/m0/s1. The first kappa shape index (κ1) is 17.3. The Morgan fingerprint density at radius 2 is 1.65 bits per heavy atom. The molecule has 2 N–H and O–H groups in total. The fourth-order valence-electron chi connectivity index (χ4n) is 2.54. The molecule has 1 aliphatic rings. The highest BCUT2D eigenvalue weighted by atomic mass is 16.5. The Morgan fingerprint density at radius 3 is 2.17 bits per heavy atom. The van der Waals surface area contributed by atoms with Crippen molar-refractivity contribution in [1.29, 1.82) is 0 Å². The number of hydrogen-bond donors (Lipinski definition) is 2. The smallest absolute Gasteiger partial charge is 0.243 e. The number of piperazine rings is 1. The Hall–Kier alpha value is -2.04. The van der Waals surface area contributed by atoms with Gasteiger partial charge in [0.2, 0.25) is 11.8 Å². The molecular formula is C18H26N2O3. The molecule has 2 atom stereocenters. The molecule has 1 heterocycles. The maximum Gasteiger partial charge on any atom is 0.243 e. The van der Waals surface area contributed by atoms with Gasteiger partial charge in [0.25, 0.3) is 0 Å². The molecule has 0 radical (unpaired) electrons. The van der Waals surface area contributed by atoms with Gasteiger partial charge in [-0.2, -0.15) is 0 Å². The minimum Gasteiger partial charge on any atom is -0.488 e. The molecule has 1 aromatic rings. The van der Waals surface area contributed by atoms with E-state index in [1.807, 2.05) is 58.9 Å². The molecule has 5 nitrogen and oxygen atoms in total. The summed E-state index contributed by atoms with van der Waals surface area (Å²) in [5.41, 5.74) is 0.736. The van der Waals surface area contributed by atoms with Crippen LogP contribution >= 0.6 is 0 Å². The monoisotopic (exact) mass is 318 g/mol. The van der Waals surface area contributed by atoms with Crippen LogP contribution in [0.5, 0.6) is 5.75 Å². The first-order valence-electron chi connectivity index (χ1n) is 8.04. The topological polar surface area (TPSA) is 67.4 Å². The number of hydrogen-bond acceptors (Lipinski definition) is 3. The third kappa shape index (κ3) is 4.71. The number of benzene rings is 1. The van der Waals surface area contributed by atoms with Crippen molar-refractivity contribution in [3.05, 3.63) is 29.8 Å². The minimum absolute atomic E-state index is 0.0775. The van der Waals surface area contributed by atoms with Crippen LogP contribution in [0, 0.1) is 5.92 Å². The first-order valence-corrected chi connectivity index (χ1v) is 8.04. The summed E-state index contributed by atoms with van der Waals surface area (Å²) in [4.78, 5) is 24.2. The van der Waals surface area contributed by atoms with Gasteiger partial charge in [-0.15, -0.1) is 0 Å². The third-order valence-electron chi connectivity index (χ3n) is 3.67. The highest BCUT2D eigenvalue weighted by Gasteiger charge is 2.35. The van der Waals surface area contributed by atoms with E-state index in [0.717, 1.165) is 11.3 Å². The molecule has 0 saturated carbocycles. The summed E-state index contributed by atoms with van der Waals surface area (Å²) in [6, 6.07) is 6.66. The molecule has 2 amide bonds. The number of carbonyl (C=O) groups excluding carboxylic acids is 2. The predicted octanol–water partition coefficient (Wildman–Crippen LogP) is 2.05. The van der Waals surface area contributed by atoms with Crippen molar-refractivity contribution in [1.82, 2.24) is 10.6 Å². The molecule has 0 unspecified atom stereocenters. The number of carbonyl (C=O) groups is 2. The zero-order valence-electron chi connectivity index (χ0n) is 14.5. The van der Waals surface area contributed by atoms with Crippen molar-refractivity contribution in [2.24, 2.45) is 5.92 Å². The largest absolute Gasteiger partial charge is 0.488 e. The average Bonchev–Trinajstić information content (AvgIpc) is 2.42. The van der Waals surface area contributed by atoms with Crippen LogP contribution in [0.2, 0.25) is 0 Å². The van der Waals surface area contributed by atoms with E-state index < -0.39 is 12.1 Å². The van der Waals surface area contributed by atoms with Gasteiger partial charge in [-0.1, -0.05) is 26.0 Å². The van der Waals surface area contributed by atoms with E-state index in [-0.39, 0.29) is 23.3 Å². The van der Waals surface area contributed by atoms with Gasteiger partial charge >= 0.3 is 0 Å². The molecule has 0 aromatic heterocycles. The van der Waals surface area contributed by atoms with Crippen LogP contribution in [0.4, 0.5) is 0 Å². The van der Waals surface area contributed by atoms with Crippen LogP contribution in [0.25, 0.3) is 0 Å². The fourth-order valence-corrected chi connectivity index (χ4v) is 2.54. The van der Waals surface area contributed by atoms with Gasteiger partial charge < -0.3 is 15.4 Å². The molecule has 23 heavy (non-hydrogen) atoms. The zero-order chi connectivity index (χ0) is 17.2. The number of nitrogens with one attached hydrogen (secondary N) is 2. The molecule has 1 aliphatic heterocycles. The van der Waals surface area contributed by atoms with E-state index >= 15 is 0 Å². The summed E-state index contributed by atoms with van der Waals surface area (Å²) < 4.78 is 5.78. The first-order chi connectivity index (χ1) is 10.7. The van der Waals surface area contributed by atoms with Gasteiger partial charge in [-0.05, 0) is 44.4 Å². The lowest BCUT2D eigenvalue weighted by atomic mass is 9.97. The van der Waals surface area contributed by atoms with Crippen molar-refractivity contribution in [3.63, 3.8) is 0 Å². The second kappa shape index (κ2) is 6.60. The molecule has 126 valence electrons. The van der Waals surface area contributed by atoms with E-state index in [9.17, 15) is 9.59 Å². The van der Waals surface area contributed by atoms with Crippen LogP contribution in [-0.2, 0) is 16.0 Å². The second-order valence-electron chi connectivity index (χ2n) is 7.35. The summed E-state index contributed by atoms with van der Waals surface area (Å²) in [6.07, 6.45) is 0.470. The van der Waals surface area contributed by atoms with E-state index in [0.29, 0.717) is 6.42 Å². The predicted molar refractivity (Wildman–Crippen MR) is 89.2 cm³/mol. The molecule has 0 aliphatic carbocycles. The summed E-state index contributed by atoms with van der Waals surface area (Å²) >= 11 is 0. The van der Waals surface area contributed by atoms with Crippen LogP contribution in [0.1, 0.15) is 40.2 Å². The van der Waals surface area contributed by atoms with Crippen molar-refractivity contribution in [2.75, 3.05) is 0 Å². The summed E-state index contributed by atoms with van der Waals surface area (Å²) in [7, 11) is 0. The molecule has 0 bridgehead atoms. The molecule has 2 rings (SSSR count). The van der Waals surface area contributed by atoms with Crippen molar-refractivity contribution in [3.8, 4) is 5.75 Å². The number of ether oxygens (including phenoxy) is 1. The minimum atomic E-state index is -0.521. The van der Waals surface area contributed by atoms with Crippen molar-refractivity contribution < 1.29 is 14.3 Å². The third-order valence-corrected chi connectivity index (χ3v) is 3.67. The van der Waals surface area contributed by atoms with E-state index in [1.54, 1.807) is 0 Å². The number of amides is 2. The Balaban J connectivity index is 2.00. The van der Waals surface area contributed by atoms with Gasteiger partial charge in [-0.25, -0.2) is 0 Å². The molecule has 1 aromatic carbocycles. The van der Waals surface area contributed by atoms with Crippen molar-refractivity contribution >= 4 is 11.8 Å². The lowest BCUT2D eigenvalue weighted by molar-refractivity contribution is -0.137. The Kier molecular flexibility index (Phi) is 4.97. The molecule has 1 fully saturated rings. The van der Waals surface area contributed by atoms with Gasteiger partial charge in [0.1, 0.15) is 23.4 Å². The lowest BCUT2D eigenvalue weighted by Gasteiger charge is -2.31. The van der Waals surface area contributed by atoms with Gasteiger partial charge in [0.15, 0.2) is 0 Å². The van der Waals surface area contributed by atoms with Crippen LogP contribution in [0.3, 0.4) is 0 Å². The van der Waals surface area contributed by atoms with Crippen LogP contribution < -0.4 is 15.4 Å². The highest BCUT2D eigenvalue weighted by Crippen LogP contribution is 2.19. The maximum absolute atomic E-state index is 12.2. The number of rotatable bonds is 4. The van der Waals surface area contributed by atoms with Gasteiger partial charge in [0, 0.05) is 6.42 Å². The van der Waals surface area contributed by atoms with Crippen molar-refractivity contribution in [2.45, 2.75) is 58.7 Å². The molecule has 5 heteroatoms. The SMILES string of the molecule is CC(C)[C@@H]1NC(=O)[C@H](Cc2ccc(OC(C)(C)C)cc2)NC1=O. The molecule has 0 spiro atoms. The summed E-state index contributed by atoms with van der Waals surface area (Å²) in [5, 5.41) is 5.62. The highest BCUT2D eigenvalue weighted by molar-refractivity contribution is 5.97. The summed E-state index contributed by atoms with van der Waals surface area (Å²) in [5.74, 6) is 0.627. The van der Waals surface area contributed by atoms with Crippen LogP contribution in [0.15, 0.2) is 24.3 Å². The van der Waals surface area contributed by atoms with E-state index in [1.165, 1.54) is 0 Å². The lowest BCUT2D eigenvalue weighted by Crippen LogP contribution is -2.63. The molecular weight excluding hydrogens is 292 g/mol. The second-order valence-corrected chi connectivity index (χ2v) is 7.35. The van der Waals surface area contributed by atoms with E-state index in [2.05, 4.69) is 10.6 Å². The summed E-state index contributed by atoms with van der Waals surface area (Å²) in [6.45, 7) is 9.81. The average molecular weight is 318 g/mol. The zero-order valence-corrected chi connectivity index (χ0v) is 14.5. The Bertz CT molecular complexity index is 573. The maximum atomic E-state index is 12.2. The quantitative estimate of drug-likeness (QED) is 0.893.